The predicted molar refractivity (Wildman–Crippen MR) is 159 cm³/mol. The second kappa shape index (κ2) is 15.1. The van der Waals surface area contributed by atoms with Crippen molar-refractivity contribution in [3.8, 4) is 0 Å². The first-order chi connectivity index (χ1) is 17.3. The van der Waals surface area contributed by atoms with Crippen LogP contribution in [-0.2, 0) is 13.0 Å². The molecule has 7 heteroatoms. The van der Waals surface area contributed by atoms with E-state index in [1.54, 1.807) is 0 Å². The summed E-state index contributed by atoms with van der Waals surface area (Å²) in [5, 5.41) is 7.30. The van der Waals surface area contributed by atoms with Crippen molar-refractivity contribution >= 4 is 60.8 Å². The van der Waals surface area contributed by atoms with Gasteiger partial charge in [-0.05, 0) is 11.1 Å². The number of nitrogens with one attached hydrogen (secondary N) is 2. The molecule has 2 aromatic rings. The van der Waals surface area contributed by atoms with Gasteiger partial charge >= 0.3 is 174 Å². The Kier molecular flexibility index (Phi) is 12.6. The Labute approximate surface area is 252 Å². The van der Waals surface area contributed by atoms with Gasteiger partial charge in [-0.1, -0.05) is 42.5 Å². The van der Waals surface area contributed by atoms with Crippen LogP contribution in [0.3, 0.4) is 0 Å². The van der Waals surface area contributed by atoms with Crippen molar-refractivity contribution in [2.75, 3.05) is 21.3 Å². The summed E-state index contributed by atoms with van der Waals surface area (Å²) in [6.45, 7) is 18.0. The molecule has 1 fully saturated rings. The van der Waals surface area contributed by atoms with Gasteiger partial charge in [0.25, 0.3) is 0 Å². The first kappa shape index (κ1) is 30.0. The van der Waals surface area contributed by atoms with Crippen LogP contribution >= 0.6 is 9.24 Å². The van der Waals surface area contributed by atoms with Gasteiger partial charge < -0.3 is 5.32 Å². The summed E-state index contributed by atoms with van der Waals surface area (Å²) in [6, 6.07) is 20.1. The van der Waals surface area contributed by atoms with E-state index in [-0.39, 0.29) is 5.78 Å². The Morgan fingerprint density at radius 1 is 1.06 bits per heavy atom. The predicted octanol–water partition coefficient (Wildman–Crippen LogP) is 4.08. The van der Waals surface area contributed by atoms with Crippen LogP contribution in [0.4, 0.5) is 0 Å². The second-order valence-electron chi connectivity index (χ2n) is 9.67. The Morgan fingerprint density at radius 2 is 1.72 bits per heavy atom. The third-order valence-corrected chi connectivity index (χ3v) is 10.8. The Bertz CT molecular complexity index is 1010. The van der Waals surface area contributed by atoms with Crippen LogP contribution in [0.25, 0.3) is 0 Å². The Morgan fingerprint density at radius 3 is 2.33 bits per heavy atom. The molecule has 4 nitrogen and oxygen atoms in total. The minimum absolute atomic E-state index is 0.221. The number of benzene rings is 2. The molecule has 2 N–H and O–H groups in total. The molecule has 1 aliphatic rings. The monoisotopic (exact) mass is 890 g/mol. The van der Waals surface area contributed by atoms with Crippen molar-refractivity contribution in [1.29, 1.82) is 0 Å². The molecule has 0 aromatic heterocycles. The van der Waals surface area contributed by atoms with E-state index >= 15 is 0 Å². The molecule has 0 saturated carbocycles. The van der Waals surface area contributed by atoms with Gasteiger partial charge in [0.2, 0.25) is 0 Å². The number of allylic oxidation sites excluding steroid dienone is 1. The van der Waals surface area contributed by atoms with Crippen LogP contribution in [-0.4, -0.2) is 94.7 Å². The van der Waals surface area contributed by atoms with E-state index in [2.05, 4.69) is 111 Å². The molecule has 4 atom stereocenters. The average Bonchev–Trinajstić information content (AvgIpc) is 3.31. The number of nitrogens with zero attached hydrogens (tertiary/aromatic N) is 2. The molecular weight excluding hydrogens is 850 g/mol. The average molecular weight is 889 g/mol. The number of hydrogen-bond acceptors (Lipinski definition) is 4. The van der Waals surface area contributed by atoms with Crippen molar-refractivity contribution < 1.29 is 0 Å². The topological polar surface area (TPSA) is 30.5 Å². The molecule has 0 amide bonds. The van der Waals surface area contributed by atoms with E-state index in [0.717, 1.165) is 38.2 Å². The summed E-state index contributed by atoms with van der Waals surface area (Å²) >= 11 is 2.42. The van der Waals surface area contributed by atoms with Crippen molar-refractivity contribution in [3.05, 3.63) is 108 Å². The zero-order chi connectivity index (χ0) is 26.1. The van der Waals surface area contributed by atoms with Crippen molar-refractivity contribution in [3.63, 3.8) is 0 Å². The third kappa shape index (κ3) is 9.03. The van der Waals surface area contributed by atoms with E-state index in [1.165, 1.54) is 87.7 Å². The fourth-order valence-corrected chi connectivity index (χ4v) is 10.1. The molecular formula is C29H39N4PPb2. The molecule has 0 spiro atoms. The van der Waals surface area contributed by atoms with Gasteiger partial charge in [0.05, 0.1) is 0 Å². The van der Waals surface area contributed by atoms with Crippen molar-refractivity contribution in [1.82, 2.24) is 20.4 Å². The van der Waals surface area contributed by atoms with E-state index in [1.807, 2.05) is 0 Å². The van der Waals surface area contributed by atoms with Crippen LogP contribution in [0.15, 0.2) is 91.3 Å². The standard InChI is InChI=1S/C29H39N4P.2Pb/c1-21(2)28-17-27(20-33(28)23(4)19-32(5)6)31-22(3)16-24-12-14-26(15-13-24)29(34)30-18-25-10-8-7-9-11-25;;/h7-15,27-31H,1,3-6,16-20,34H2,2H3;;. The summed E-state index contributed by atoms with van der Waals surface area (Å²) in [5.74, 6) is 0.221. The molecule has 1 aliphatic heterocycles. The van der Waals surface area contributed by atoms with Gasteiger partial charge in [-0.2, -0.15) is 0 Å². The summed E-state index contributed by atoms with van der Waals surface area (Å²) in [6.07, 6.45) is 1.89. The quantitative estimate of drug-likeness (QED) is 0.170. The molecule has 0 bridgehead atoms. The van der Waals surface area contributed by atoms with E-state index in [9.17, 15) is 0 Å². The molecule has 1 heterocycles. The SMILES string of the molecule is C=C(Cc1ccc(C(P)NCc2ccccc2)cc1)NC1CC(C(=C)C)N(C(=C)CN([CH2][Pb])[CH2][Pb])C1. The van der Waals surface area contributed by atoms with Gasteiger partial charge in [0.1, 0.15) is 0 Å². The fourth-order valence-electron chi connectivity index (χ4n) is 4.64. The van der Waals surface area contributed by atoms with E-state index in [0.29, 0.717) is 12.1 Å². The zero-order valence-corrected chi connectivity index (χ0v) is 30.4. The first-order valence-electron chi connectivity index (χ1n) is 12.5. The number of likely N-dealkylation sites (tertiary alicyclic amines) is 1. The van der Waals surface area contributed by atoms with Crippen molar-refractivity contribution in [2.45, 2.75) is 44.2 Å². The summed E-state index contributed by atoms with van der Waals surface area (Å²) in [7, 11) is 2.91. The van der Waals surface area contributed by atoms with Crippen LogP contribution in [0.1, 0.15) is 35.8 Å². The van der Waals surface area contributed by atoms with Gasteiger partial charge in [0, 0.05) is 12.3 Å². The molecule has 2 aromatic carbocycles. The molecule has 4 unspecified atom stereocenters. The van der Waals surface area contributed by atoms with Crippen LogP contribution in [0, 0.1) is 0 Å². The van der Waals surface area contributed by atoms with E-state index < -0.39 is 0 Å². The maximum absolute atomic E-state index is 4.46. The molecule has 6 radical (unpaired) electrons. The maximum atomic E-state index is 4.46. The van der Waals surface area contributed by atoms with E-state index in [4.69, 9.17) is 0 Å². The number of rotatable bonds is 14. The van der Waals surface area contributed by atoms with Crippen LogP contribution in [0.5, 0.6) is 0 Å². The van der Waals surface area contributed by atoms with Gasteiger partial charge in [-0.25, -0.2) is 0 Å². The molecule has 188 valence electrons. The summed E-state index contributed by atoms with van der Waals surface area (Å²) in [4.78, 5) is 5.02. The third-order valence-electron chi connectivity index (χ3n) is 6.66. The summed E-state index contributed by atoms with van der Waals surface area (Å²) < 4.78 is 2.43. The van der Waals surface area contributed by atoms with Crippen LogP contribution < -0.4 is 10.6 Å². The molecule has 36 heavy (non-hydrogen) atoms. The molecule has 1 saturated heterocycles. The van der Waals surface area contributed by atoms with Gasteiger partial charge in [0.15, 0.2) is 0 Å². The Hall–Kier alpha value is -0.546. The van der Waals surface area contributed by atoms with Crippen molar-refractivity contribution in [2.24, 2.45) is 0 Å². The normalized spacial score (nSPS) is 18.3. The zero-order valence-electron chi connectivity index (χ0n) is 21.5. The van der Waals surface area contributed by atoms with Gasteiger partial charge in [-0.15, -0.1) is 9.24 Å². The molecule has 3 rings (SSSR count). The second-order valence-corrected chi connectivity index (χ2v) is 12.8. The summed E-state index contributed by atoms with van der Waals surface area (Å²) in [5.41, 5.74) is 7.37. The minimum atomic E-state index is 0.221. The fraction of sp³-hybridized carbons (Fsp3) is 0.379. The van der Waals surface area contributed by atoms with Gasteiger partial charge in [-0.3, -0.25) is 0 Å². The number of hydrogen-bond donors (Lipinski definition) is 2. The molecule has 0 aliphatic carbocycles. The van der Waals surface area contributed by atoms with Crippen LogP contribution in [0.2, 0.25) is 0 Å². The Balaban J connectivity index is 1.51. The first-order valence-corrected chi connectivity index (χ1v) is 18.6.